The van der Waals surface area contributed by atoms with Gasteiger partial charge in [-0.3, -0.25) is 0 Å². The predicted molar refractivity (Wildman–Crippen MR) is 55.5 cm³/mol. The quantitative estimate of drug-likeness (QED) is 0.647. The molecule has 0 bridgehead atoms. The highest BCUT2D eigenvalue weighted by Gasteiger charge is 2.04. The first-order valence-corrected chi connectivity index (χ1v) is 4.54. The minimum absolute atomic E-state index is 0.674. The summed E-state index contributed by atoms with van der Waals surface area (Å²) in [4.78, 5) is 7.38. The van der Waals surface area contributed by atoms with Gasteiger partial charge < -0.3 is 4.98 Å². The fraction of sp³-hybridized carbons (Fsp3) is 0.200. The third-order valence-electron chi connectivity index (χ3n) is 2.02. The van der Waals surface area contributed by atoms with Crippen LogP contribution in [0.4, 0.5) is 0 Å². The van der Waals surface area contributed by atoms with E-state index in [0.29, 0.717) is 4.64 Å². The summed E-state index contributed by atoms with van der Waals surface area (Å²) in [6.45, 7) is 4.03. The maximum absolute atomic E-state index is 5.08. The molecule has 0 unspecified atom stereocenters. The molecule has 1 N–H and O–H groups in total. The molecule has 0 spiro atoms. The van der Waals surface area contributed by atoms with Crippen LogP contribution in [0.25, 0.3) is 11.4 Å². The van der Waals surface area contributed by atoms with Gasteiger partial charge in [0.2, 0.25) is 0 Å². The lowest BCUT2D eigenvalue weighted by atomic mass is 10.1. The summed E-state index contributed by atoms with van der Waals surface area (Å²) in [7, 11) is 0. The van der Waals surface area contributed by atoms with Gasteiger partial charge in [0.05, 0.1) is 0 Å². The molecule has 0 aromatic rings. The zero-order valence-corrected chi connectivity index (χ0v) is 8.40. The first-order valence-electron chi connectivity index (χ1n) is 4.13. The first-order chi connectivity index (χ1) is 6.16. The van der Waals surface area contributed by atoms with Crippen LogP contribution in [0.5, 0.6) is 0 Å². The van der Waals surface area contributed by atoms with Crippen molar-refractivity contribution in [3.05, 3.63) is 34.1 Å². The Morgan fingerprint density at radius 1 is 1.31 bits per heavy atom. The average Bonchev–Trinajstić information content (AvgIpc) is 2.08. The van der Waals surface area contributed by atoms with E-state index >= 15 is 0 Å². The highest BCUT2D eigenvalue weighted by atomic mass is 32.1. The number of fused-ring (bicyclic) bond motifs is 1. The summed E-state index contributed by atoms with van der Waals surface area (Å²) in [6, 6.07) is 4.16. The highest BCUT2D eigenvalue weighted by molar-refractivity contribution is 7.71. The molecular weight excluding hydrogens is 180 g/mol. The van der Waals surface area contributed by atoms with Crippen LogP contribution < -0.4 is 0 Å². The molecule has 13 heavy (non-hydrogen) atoms. The smallest absolute Gasteiger partial charge is 0.138 e. The van der Waals surface area contributed by atoms with Crippen LogP contribution >= 0.6 is 12.2 Å². The molecule has 3 heteroatoms. The van der Waals surface area contributed by atoms with E-state index in [1.165, 1.54) is 5.56 Å². The van der Waals surface area contributed by atoms with Crippen LogP contribution in [0.3, 0.4) is 0 Å². The zero-order valence-electron chi connectivity index (χ0n) is 7.59. The summed E-state index contributed by atoms with van der Waals surface area (Å²) in [6.07, 6.45) is 1.93. The van der Waals surface area contributed by atoms with E-state index in [1.54, 1.807) is 0 Å². The number of rotatable bonds is 0. The lowest BCUT2D eigenvalue weighted by Gasteiger charge is -2.06. The number of nitrogens with zero attached hydrogens (tertiary/aromatic N) is 1. The van der Waals surface area contributed by atoms with Gasteiger partial charge in [-0.05, 0) is 37.1 Å². The number of aryl methyl sites for hydroxylation is 2. The van der Waals surface area contributed by atoms with Gasteiger partial charge in [-0.25, -0.2) is 4.98 Å². The number of aromatic amines is 1. The van der Waals surface area contributed by atoms with E-state index < -0.39 is 0 Å². The van der Waals surface area contributed by atoms with Gasteiger partial charge in [0.15, 0.2) is 0 Å². The van der Waals surface area contributed by atoms with E-state index in [1.807, 2.05) is 20.0 Å². The van der Waals surface area contributed by atoms with Crippen molar-refractivity contribution in [3.8, 4) is 11.4 Å². The molecule has 0 atom stereocenters. The van der Waals surface area contributed by atoms with Gasteiger partial charge in [-0.1, -0.05) is 12.2 Å². The topological polar surface area (TPSA) is 28.7 Å². The second-order valence-electron chi connectivity index (χ2n) is 3.23. The highest BCUT2D eigenvalue weighted by Crippen LogP contribution is 2.19. The van der Waals surface area contributed by atoms with Crippen LogP contribution in [0.2, 0.25) is 0 Å². The summed E-state index contributed by atoms with van der Waals surface area (Å²) in [5.41, 5.74) is 3.37. The third-order valence-corrected chi connectivity index (χ3v) is 2.43. The number of hydrogen-bond donors (Lipinski definition) is 1. The molecule has 0 fully saturated rings. The zero-order chi connectivity index (χ0) is 9.42. The Kier molecular flexibility index (Phi) is 1.88. The second-order valence-corrected chi connectivity index (χ2v) is 3.61. The summed E-state index contributed by atoms with van der Waals surface area (Å²) in [5.74, 6) is 0.862. The molecular formula is C10H10N2S. The fourth-order valence-electron chi connectivity index (χ4n) is 1.31. The Morgan fingerprint density at radius 2 is 2.08 bits per heavy atom. The van der Waals surface area contributed by atoms with Gasteiger partial charge in [0.1, 0.15) is 10.5 Å². The van der Waals surface area contributed by atoms with Crippen molar-refractivity contribution in [2.45, 2.75) is 13.8 Å². The summed E-state index contributed by atoms with van der Waals surface area (Å²) in [5, 5.41) is 0. The molecule has 0 radical (unpaired) electrons. The minimum Gasteiger partial charge on any atom is -0.346 e. The van der Waals surface area contributed by atoms with Crippen molar-refractivity contribution in [3.63, 3.8) is 0 Å². The van der Waals surface area contributed by atoms with Crippen molar-refractivity contribution in [1.29, 1.82) is 0 Å². The van der Waals surface area contributed by atoms with E-state index in [-0.39, 0.29) is 0 Å². The van der Waals surface area contributed by atoms with Gasteiger partial charge in [-0.2, -0.15) is 0 Å². The third kappa shape index (κ3) is 1.47. The van der Waals surface area contributed by atoms with Gasteiger partial charge in [-0.15, -0.1) is 0 Å². The van der Waals surface area contributed by atoms with Gasteiger partial charge >= 0.3 is 0 Å². The molecule has 2 nitrogen and oxygen atoms in total. The minimum atomic E-state index is 0.674. The van der Waals surface area contributed by atoms with Crippen LogP contribution in [0.1, 0.15) is 11.1 Å². The molecule has 0 saturated heterocycles. The molecule has 66 valence electrons. The standard InChI is InChI=1S/C10H10N2S/c1-6-3-8-4-7(2)10(13)12-9(8)11-5-6/h3-5H,1-2H3,(H,11,12,13). The van der Waals surface area contributed by atoms with Crippen molar-refractivity contribution >= 4 is 12.2 Å². The molecule has 0 aromatic heterocycles. The molecule has 0 aliphatic carbocycles. The first kappa shape index (κ1) is 8.38. The maximum atomic E-state index is 5.08. The van der Waals surface area contributed by atoms with E-state index in [2.05, 4.69) is 22.1 Å². The Labute approximate surface area is 82.0 Å². The lowest BCUT2D eigenvalue weighted by molar-refractivity contribution is 1.13. The monoisotopic (exact) mass is 190 g/mol. The largest absolute Gasteiger partial charge is 0.346 e. The molecule has 2 aliphatic rings. The normalized spacial score (nSPS) is 10.6. The van der Waals surface area contributed by atoms with Crippen molar-refractivity contribution in [2.24, 2.45) is 0 Å². The van der Waals surface area contributed by atoms with Crippen LogP contribution in [0, 0.1) is 18.5 Å². The number of H-pyrrole nitrogens is 1. The van der Waals surface area contributed by atoms with Crippen molar-refractivity contribution in [2.75, 3.05) is 0 Å². The number of hydrogen-bond acceptors (Lipinski definition) is 2. The number of pyridine rings is 2. The average molecular weight is 190 g/mol. The molecule has 0 amide bonds. The molecule has 2 heterocycles. The van der Waals surface area contributed by atoms with Gasteiger partial charge in [0, 0.05) is 11.8 Å². The maximum Gasteiger partial charge on any atom is 0.138 e. The number of aromatic nitrogens is 2. The molecule has 0 aromatic carbocycles. The Hall–Kier alpha value is -1.22. The Balaban J connectivity index is 2.83. The van der Waals surface area contributed by atoms with Crippen molar-refractivity contribution in [1.82, 2.24) is 9.97 Å². The predicted octanol–water partition coefficient (Wildman–Crippen LogP) is 2.86. The Bertz CT molecular complexity index is 473. The number of nitrogens with one attached hydrogen (secondary N) is 1. The molecule has 0 saturated carbocycles. The molecule has 2 rings (SSSR count). The van der Waals surface area contributed by atoms with Crippen LogP contribution in [-0.2, 0) is 0 Å². The second kappa shape index (κ2) is 2.92. The Morgan fingerprint density at radius 3 is 2.85 bits per heavy atom. The van der Waals surface area contributed by atoms with E-state index in [0.717, 1.165) is 17.0 Å². The summed E-state index contributed by atoms with van der Waals surface area (Å²) >= 11 is 5.08. The lowest BCUT2D eigenvalue weighted by Crippen LogP contribution is -1.93. The van der Waals surface area contributed by atoms with Crippen LogP contribution in [0.15, 0.2) is 18.3 Å². The summed E-state index contributed by atoms with van der Waals surface area (Å²) < 4.78 is 0.674. The van der Waals surface area contributed by atoms with Crippen LogP contribution in [-0.4, -0.2) is 9.97 Å². The van der Waals surface area contributed by atoms with Gasteiger partial charge in [0.25, 0.3) is 0 Å². The van der Waals surface area contributed by atoms with E-state index in [9.17, 15) is 0 Å². The van der Waals surface area contributed by atoms with Crippen molar-refractivity contribution < 1.29 is 0 Å². The SMILES string of the molecule is Cc1c[nH]c2nc(=S)c(C)cc-2c1. The van der Waals surface area contributed by atoms with E-state index in [4.69, 9.17) is 12.2 Å². The molecule has 2 aliphatic heterocycles. The fourth-order valence-corrected chi connectivity index (χ4v) is 1.46.